The van der Waals surface area contributed by atoms with Crippen LogP contribution in [0.2, 0.25) is 0 Å². The molecule has 31 heavy (non-hydrogen) atoms. The second-order valence-electron chi connectivity index (χ2n) is 7.13. The van der Waals surface area contributed by atoms with Crippen LogP contribution in [0, 0.1) is 6.92 Å². The van der Waals surface area contributed by atoms with E-state index in [0.29, 0.717) is 28.2 Å². The number of pyridine rings is 1. The van der Waals surface area contributed by atoms with Gasteiger partial charge in [-0.3, -0.25) is 9.20 Å². The molecular weight excluding hydrogens is 394 g/mol. The van der Waals surface area contributed by atoms with Crippen LogP contribution in [0.1, 0.15) is 21.7 Å². The fourth-order valence-corrected chi connectivity index (χ4v) is 3.53. The predicted molar refractivity (Wildman–Crippen MR) is 115 cm³/mol. The summed E-state index contributed by atoms with van der Waals surface area (Å²) in [5, 5.41) is 4.78. The number of hydrogen-bond acceptors (Lipinski definition) is 6. The van der Waals surface area contributed by atoms with Crippen molar-refractivity contribution in [1.82, 2.24) is 14.5 Å². The monoisotopic (exact) mass is 411 g/mol. The van der Waals surface area contributed by atoms with Crippen LogP contribution in [0.15, 0.2) is 82.1 Å². The SMILES string of the molecule is Cc1cccc2nc(COC(=O)c3ccc4noc(-c5ccccc5)c4c3)cc(=O)n12. The molecule has 0 atom stereocenters. The lowest BCUT2D eigenvalue weighted by Gasteiger charge is -2.07. The van der Waals surface area contributed by atoms with Crippen LogP contribution < -0.4 is 5.56 Å². The van der Waals surface area contributed by atoms with Crippen molar-refractivity contribution in [3.05, 3.63) is 100 Å². The fourth-order valence-electron chi connectivity index (χ4n) is 3.53. The van der Waals surface area contributed by atoms with Gasteiger partial charge in [-0.25, -0.2) is 9.78 Å². The van der Waals surface area contributed by atoms with Gasteiger partial charge >= 0.3 is 5.97 Å². The van der Waals surface area contributed by atoms with E-state index in [1.807, 2.05) is 49.4 Å². The summed E-state index contributed by atoms with van der Waals surface area (Å²) in [5.74, 6) is 0.0678. The van der Waals surface area contributed by atoms with Gasteiger partial charge in [0.05, 0.1) is 16.6 Å². The Bertz CT molecular complexity index is 1490. The quantitative estimate of drug-likeness (QED) is 0.413. The number of fused-ring (bicyclic) bond motifs is 2. The van der Waals surface area contributed by atoms with E-state index < -0.39 is 5.97 Å². The Kier molecular flexibility index (Phi) is 4.55. The van der Waals surface area contributed by atoms with Gasteiger partial charge in [-0.1, -0.05) is 41.6 Å². The number of nitrogens with zero attached hydrogens (tertiary/aromatic N) is 3. The molecule has 0 N–H and O–H groups in total. The summed E-state index contributed by atoms with van der Waals surface area (Å²) < 4.78 is 12.4. The molecule has 5 aromatic rings. The molecule has 0 fully saturated rings. The molecule has 0 radical (unpaired) electrons. The van der Waals surface area contributed by atoms with Gasteiger partial charge in [0.1, 0.15) is 17.8 Å². The number of aryl methyl sites for hydroxylation is 1. The maximum Gasteiger partial charge on any atom is 0.338 e. The van der Waals surface area contributed by atoms with E-state index in [-0.39, 0.29) is 12.2 Å². The molecule has 152 valence electrons. The Balaban J connectivity index is 1.41. The highest BCUT2D eigenvalue weighted by Crippen LogP contribution is 2.29. The Hall–Kier alpha value is -4.26. The molecule has 0 saturated carbocycles. The van der Waals surface area contributed by atoms with Gasteiger partial charge in [-0.2, -0.15) is 0 Å². The number of hydrogen-bond donors (Lipinski definition) is 0. The average Bonchev–Trinajstić information content (AvgIpc) is 3.21. The van der Waals surface area contributed by atoms with Crippen molar-refractivity contribution in [1.29, 1.82) is 0 Å². The lowest BCUT2D eigenvalue weighted by atomic mass is 10.1. The first-order valence-corrected chi connectivity index (χ1v) is 9.70. The number of aromatic nitrogens is 3. The number of rotatable bonds is 4. The zero-order valence-corrected chi connectivity index (χ0v) is 16.6. The summed E-state index contributed by atoms with van der Waals surface area (Å²) in [4.78, 5) is 29.5. The van der Waals surface area contributed by atoms with Gasteiger partial charge in [0, 0.05) is 17.3 Å². The standard InChI is InChI=1S/C24H17N3O4/c1-15-6-5-9-21-25-18(13-22(28)27(15)21)14-30-24(29)17-10-11-20-19(12-17)23(31-26-20)16-7-3-2-4-8-16/h2-13H,14H2,1H3. The summed E-state index contributed by atoms with van der Waals surface area (Å²) >= 11 is 0. The van der Waals surface area contributed by atoms with Crippen LogP contribution in [0.4, 0.5) is 0 Å². The number of carbonyl (C=O) groups is 1. The van der Waals surface area contributed by atoms with Gasteiger partial charge in [-0.05, 0) is 37.3 Å². The van der Waals surface area contributed by atoms with Crippen LogP contribution in [0.3, 0.4) is 0 Å². The number of benzene rings is 2. The van der Waals surface area contributed by atoms with Crippen molar-refractivity contribution >= 4 is 22.5 Å². The molecule has 3 aromatic heterocycles. The predicted octanol–water partition coefficient (Wildman–Crippen LogP) is 4.17. The first-order chi connectivity index (χ1) is 15.1. The molecule has 0 aliphatic heterocycles. The highest BCUT2D eigenvalue weighted by molar-refractivity contribution is 5.98. The molecule has 0 unspecified atom stereocenters. The molecule has 0 amide bonds. The second kappa shape index (κ2) is 7.53. The topological polar surface area (TPSA) is 86.7 Å². The maximum atomic E-state index is 12.6. The van der Waals surface area contributed by atoms with Gasteiger partial charge in [0.25, 0.3) is 5.56 Å². The zero-order chi connectivity index (χ0) is 21.4. The molecule has 0 bridgehead atoms. The summed E-state index contributed by atoms with van der Waals surface area (Å²) in [6.07, 6.45) is 0. The Morgan fingerprint density at radius 2 is 1.87 bits per heavy atom. The second-order valence-corrected chi connectivity index (χ2v) is 7.13. The van der Waals surface area contributed by atoms with Crippen molar-refractivity contribution in [2.45, 2.75) is 13.5 Å². The lowest BCUT2D eigenvalue weighted by Crippen LogP contribution is -2.18. The number of ether oxygens (including phenoxy) is 1. The summed E-state index contributed by atoms with van der Waals surface area (Å²) in [6.45, 7) is 1.73. The molecule has 0 saturated heterocycles. The molecule has 0 aliphatic carbocycles. The van der Waals surface area contributed by atoms with Crippen molar-refractivity contribution in [2.75, 3.05) is 0 Å². The third kappa shape index (κ3) is 3.46. The van der Waals surface area contributed by atoms with Gasteiger partial charge in [-0.15, -0.1) is 0 Å². The van der Waals surface area contributed by atoms with Crippen LogP contribution >= 0.6 is 0 Å². The minimum Gasteiger partial charge on any atom is -0.456 e. The molecule has 3 heterocycles. The van der Waals surface area contributed by atoms with Crippen LogP contribution in [0.5, 0.6) is 0 Å². The van der Waals surface area contributed by atoms with E-state index in [4.69, 9.17) is 9.26 Å². The van der Waals surface area contributed by atoms with Gasteiger partial charge in [0.2, 0.25) is 0 Å². The maximum absolute atomic E-state index is 12.6. The molecule has 5 rings (SSSR count). The van der Waals surface area contributed by atoms with Crippen molar-refractivity contribution < 1.29 is 14.1 Å². The van der Waals surface area contributed by atoms with Gasteiger partial charge in [0.15, 0.2) is 5.76 Å². The van der Waals surface area contributed by atoms with Crippen molar-refractivity contribution in [3.8, 4) is 11.3 Å². The Morgan fingerprint density at radius 3 is 2.71 bits per heavy atom. The van der Waals surface area contributed by atoms with E-state index in [9.17, 15) is 9.59 Å². The first kappa shape index (κ1) is 18.7. The summed E-state index contributed by atoms with van der Waals surface area (Å²) in [5.41, 5.74) is 3.35. The minimum absolute atomic E-state index is 0.105. The first-order valence-electron chi connectivity index (χ1n) is 9.70. The average molecular weight is 411 g/mol. The highest BCUT2D eigenvalue weighted by Gasteiger charge is 2.15. The van der Waals surface area contributed by atoms with Gasteiger partial charge < -0.3 is 9.26 Å². The number of carbonyl (C=O) groups excluding carboxylic acids is 1. The summed E-state index contributed by atoms with van der Waals surface area (Å²) in [6, 6.07) is 21.4. The van der Waals surface area contributed by atoms with E-state index >= 15 is 0 Å². The zero-order valence-electron chi connectivity index (χ0n) is 16.6. The minimum atomic E-state index is -0.520. The molecule has 0 aliphatic rings. The third-order valence-corrected chi connectivity index (χ3v) is 5.03. The molecule has 0 spiro atoms. The Morgan fingerprint density at radius 1 is 1.03 bits per heavy atom. The molecule has 7 nitrogen and oxygen atoms in total. The third-order valence-electron chi connectivity index (χ3n) is 5.03. The van der Waals surface area contributed by atoms with Crippen LogP contribution in [-0.4, -0.2) is 20.5 Å². The Labute approximate surface area is 176 Å². The fraction of sp³-hybridized carbons (Fsp3) is 0.0833. The highest BCUT2D eigenvalue weighted by atomic mass is 16.5. The lowest BCUT2D eigenvalue weighted by molar-refractivity contribution is 0.0468. The largest absolute Gasteiger partial charge is 0.456 e. The van der Waals surface area contributed by atoms with E-state index in [0.717, 1.165) is 16.6 Å². The van der Waals surface area contributed by atoms with E-state index in [1.54, 1.807) is 24.3 Å². The normalized spacial score (nSPS) is 11.1. The molecular formula is C24H17N3O4. The van der Waals surface area contributed by atoms with Crippen molar-refractivity contribution in [2.24, 2.45) is 0 Å². The smallest absolute Gasteiger partial charge is 0.338 e. The number of esters is 1. The van der Waals surface area contributed by atoms with E-state index in [2.05, 4.69) is 10.1 Å². The molecule has 2 aromatic carbocycles. The summed E-state index contributed by atoms with van der Waals surface area (Å²) in [7, 11) is 0. The van der Waals surface area contributed by atoms with E-state index in [1.165, 1.54) is 10.5 Å². The van der Waals surface area contributed by atoms with Crippen LogP contribution in [-0.2, 0) is 11.3 Å². The van der Waals surface area contributed by atoms with Crippen molar-refractivity contribution in [3.63, 3.8) is 0 Å². The van der Waals surface area contributed by atoms with Crippen LogP contribution in [0.25, 0.3) is 27.9 Å². The molecule has 7 heteroatoms.